The van der Waals surface area contributed by atoms with Gasteiger partial charge in [-0.05, 0) is 23.3 Å². The summed E-state index contributed by atoms with van der Waals surface area (Å²) in [6, 6.07) is 27.2. The molecule has 0 fully saturated rings. The van der Waals surface area contributed by atoms with Crippen molar-refractivity contribution in [2.24, 2.45) is 5.73 Å². The molecule has 0 atom stereocenters. The number of amides is 1. The molecule has 2 N–H and O–H groups in total. The van der Waals surface area contributed by atoms with Crippen LogP contribution in [0.1, 0.15) is 21.5 Å². The second-order valence-corrected chi connectivity index (χ2v) is 6.27. The normalized spacial score (nSPS) is 10.4. The molecule has 3 rings (SSSR count). The summed E-state index contributed by atoms with van der Waals surface area (Å²) in [7, 11) is 0. The Labute approximate surface area is 160 Å². The van der Waals surface area contributed by atoms with Gasteiger partial charge in [0.15, 0.2) is 0 Å². The van der Waals surface area contributed by atoms with Gasteiger partial charge < -0.3 is 15.4 Å². The van der Waals surface area contributed by atoms with E-state index in [9.17, 15) is 4.79 Å². The van der Waals surface area contributed by atoms with Gasteiger partial charge in [-0.15, -0.1) is 0 Å². The maximum Gasteiger partial charge on any atom is 0.257 e. The zero-order valence-corrected chi connectivity index (χ0v) is 15.3. The molecule has 0 aliphatic carbocycles. The number of carbonyl (C=O) groups is 1. The first-order valence-corrected chi connectivity index (χ1v) is 9.07. The number of hydrogen-bond acceptors (Lipinski definition) is 3. The van der Waals surface area contributed by atoms with E-state index >= 15 is 0 Å². The van der Waals surface area contributed by atoms with Crippen LogP contribution in [0.2, 0.25) is 0 Å². The minimum Gasteiger partial charge on any atom is -0.488 e. The number of rotatable bonds is 8. The van der Waals surface area contributed by atoms with E-state index in [2.05, 4.69) is 0 Å². The molecule has 4 nitrogen and oxygen atoms in total. The van der Waals surface area contributed by atoms with Gasteiger partial charge in [-0.25, -0.2) is 0 Å². The summed E-state index contributed by atoms with van der Waals surface area (Å²) >= 11 is 0. The fourth-order valence-electron chi connectivity index (χ4n) is 2.89. The molecule has 0 saturated carbocycles. The van der Waals surface area contributed by atoms with Crippen LogP contribution in [0.5, 0.6) is 5.75 Å². The molecule has 0 aliphatic rings. The fraction of sp³-hybridized carbons (Fsp3) is 0.174. The summed E-state index contributed by atoms with van der Waals surface area (Å²) in [5, 5.41) is 0. The van der Waals surface area contributed by atoms with E-state index in [1.807, 2.05) is 78.9 Å². The highest BCUT2D eigenvalue weighted by Gasteiger charge is 2.19. The Morgan fingerprint density at radius 2 is 1.41 bits per heavy atom. The Hall–Kier alpha value is -3.11. The summed E-state index contributed by atoms with van der Waals surface area (Å²) in [5.41, 5.74) is 8.43. The van der Waals surface area contributed by atoms with Crippen molar-refractivity contribution >= 4 is 5.91 Å². The molecule has 0 aliphatic heterocycles. The summed E-state index contributed by atoms with van der Waals surface area (Å²) < 4.78 is 5.94. The zero-order valence-electron chi connectivity index (χ0n) is 15.3. The zero-order chi connectivity index (χ0) is 18.9. The number of benzene rings is 3. The molecule has 0 saturated heterocycles. The van der Waals surface area contributed by atoms with Crippen LogP contribution in [0.3, 0.4) is 0 Å². The van der Waals surface area contributed by atoms with Crippen LogP contribution in [-0.4, -0.2) is 23.9 Å². The lowest BCUT2D eigenvalue weighted by Crippen LogP contribution is -2.35. The number of ether oxygens (including phenoxy) is 1. The average molecular weight is 360 g/mol. The molecule has 0 radical (unpaired) electrons. The minimum atomic E-state index is -0.0760. The van der Waals surface area contributed by atoms with Gasteiger partial charge in [0.25, 0.3) is 5.91 Å². The maximum absolute atomic E-state index is 13.2. The molecule has 0 spiro atoms. The van der Waals surface area contributed by atoms with Crippen molar-refractivity contribution in [3.63, 3.8) is 0 Å². The highest BCUT2D eigenvalue weighted by atomic mass is 16.5. The molecule has 0 unspecified atom stereocenters. The molecule has 138 valence electrons. The standard InChI is InChI=1S/C23H24N2O2/c24-15-16-25(17-19-9-3-1-4-10-19)23(26)21-13-7-8-14-22(21)27-18-20-11-5-2-6-12-20/h1-14H,15-18,24H2. The van der Waals surface area contributed by atoms with Crippen molar-refractivity contribution in [1.29, 1.82) is 0 Å². The van der Waals surface area contributed by atoms with Crippen molar-refractivity contribution in [3.8, 4) is 5.75 Å². The van der Waals surface area contributed by atoms with Gasteiger partial charge in [0.05, 0.1) is 5.56 Å². The molecular formula is C23H24N2O2. The Bertz CT molecular complexity index is 851. The number of hydrogen-bond donors (Lipinski definition) is 1. The first-order chi connectivity index (χ1) is 13.3. The van der Waals surface area contributed by atoms with Gasteiger partial charge >= 0.3 is 0 Å². The van der Waals surface area contributed by atoms with Crippen LogP contribution in [-0.2, 0) is 13.2 Å². The second kappa shape index (κ2) is 9.55. The van der Waals surface area contributed by atoms with Crippen molar-refractivity contribution in [3.05, 3.63) is 102 Å². The average Bonchev–Trinajstić information content (AvgIpc) is 2.73. The quantitative estimate of drug-likeness (QED) is 0.663. The third-order valence-electron chi connectivity index (χ3n) is 4.26. The van der Waals surface area contributed by atoms with Crippen LogP contribution < -0.4 is 10.5 Å². The van der Waals surface area contributed by atoms with Crippen molar-refractivity contribution in [2.75, 3.05) is 13.1 Å². The third kappa shape index (κ3) is 5.19. The number of para-hydroxylation sites is 1. The monoisotopic (exact) mass is 360 g/mol. The first kappa shape index (κ1) is 18.7. The van der Waals surface area contributed by atoms with Crippen molar-refractivity contribution < 1.29 is 9.53 Å². The Morgan fingerprint density at radius 3 is 2.07 bits per heavy atom. The van der Waals surface area contributed by atoms with E-state index in [-0.39, 0.29) is 5.91 Å². The van der Waals surface area contributed by atoms with Crippen LogP contribution in [0, 0.1) is 0 Å². The SMILES string of the molecule is NCCN(Cc1ccccc1)C(=O)c1ccccc1OCc1ccccc1. The van der Waals surface area contributed by atoms with Gasteiger partial charge in [0, 0.05) is 19.6 Å². The van der Waals surface area contributed by atoms with Crippen molar-refractivity contribution in [2.45, 2.75) is 13.2 Å². The van der Waals surface area contributed by atoms with E-state index < -0.39 is 0 Å². The Morgan fingerprint density at radius 1 is 0.815 bits per heavy atom. The smallest absolute Gasteiger partial charge is 0.257 e. The number of nitrogens with two attached hydrogens (primary N) is 1. The number of nitrogens with zero attached hydrogens (tertiary/aromatic N) is 1. The molecule has 4 heteroatoms. The summed E-state index contributed by atoms with van der Waals surface area (Å²) in [4.78, 5) is 14.9. The largest absolute Gasteiger partial charge is 0.488 e. The summed E-state index contributed by atoms with van der Waals surface area (Å²) in [6.07, 6.45) is 0. The van der Waals surface area contributed by atoms with Crippen LogP contribution >= 0.6 is 0 Å². The first-order valence-electron chi connectivity index (χ1n) is 9.07. The topological polar surface area (TPSA) is 55.6 Å². The summed E-state index contributed by atoms with van der Waals surface area (Å²) in [5.74, 6) is 0.509. The van der Waals surface area contributed by atoms with E-state index in [1.54, 1.807) is 11.0 Å². The van der Waals surface area contributed by atoms with Gasteiger partial charge in [-0.2, -0.15) is 0 Å². The van der Waals surface area contributed by atoms with Gasteiger partial charge in [-0.3, -0.25) is 4.79 Å². The fourth-order valence-corrected chi connectivity index (χ4v) is 2.89. The lowest BCUT2D eigenvalue weighted by Gasteiger charge is -2.23. The maximum atomic E-state index is 13.2. The number of carbonyl (C=O) groups excluding carboxylic acids is 1. The molecular weight excluding hydrogens is 336 g/mol. The van der Waals surface area contributed by atoms with E-state index in [0.717, 1.165) is 11.1 Å². The van der Waals surface area contributed by atoms with Gasteiger partial charge in [-0.1, -0.05) is 72.8 Å². The minimum absolute atomic E-state index is 0.0760. The molecule has 1 amide bonds. The van der Waals surface area contributed by atoms with Crippen LogP contribution in [0.25, 0.3) is 0 Å². The molecule has 3 aromatic rings. The predicted octanol–water partition coefficient (Wildman–Crippen LogP) is 3.87. The highest BCUT2D eigenvalue weighted by Crippen LogP contribution is 2.22. The summed E-state index contributed by atoms with van der Waals surface area (Å²) in [6.45, 7) is 1.83. The van der Waals surface area contributed by atoms with E-state index in [4.69, 9.17) is 10.5 Å². The lowest BCUT2D eigenvalue weighted by molar-refractivity contribution is 0.0743. The molecule has 3 aromatic carbocycles. The van der Waals surface area contributed by atoms with Crippen LogP contribution in [0.4, 0.5) is 0 Å². The molecule has 0 bridgehead atoms. The Kier molecular flexibility index (Phi) is 6.61. The van der Waals surface area contributed by atoms with Crippen molar-refractivity contribution in [1.82, 2.24) is 4.90 Å². The molecule has 0 heterocycles. The predicted molar refractivity (Wildman–Crippen MR) is 107 cm³/mol. The lowest BCUT2D eigenvalue weighted by atomic mass is 10.1. The van der Waals surface area contributed by atoms with Gasteiger partial charge in [0.1, 0.15) is 12.4 Å². The highest BCUT2D eigenvalue weighted by molar-refractivity contribution is 5.96. The molecule has 0 aromatic heterocycles. The van der Waals surface area contributed by atoms with Gasteiger partial charge in [0.2, 0.25) is 0 Å². The van der Waals surface area contributed by atoms with E-state index in [0.29, 0.717) is 37.6 Å². The third-order valence-corrected chi connectivity index (χ3v) is 4.26. The second-order valence-electron chi connectivity index (χ2n) is 6.27. The Balaban J connectivity index is 1.77. The van der Waals surface area contributed by atoms with E-state index in [1.165, 1.54) is 0 Å². The molecule has 27 heavy (non-hydrogen) atoms. The van der Waals surface area contributed by atoms with Crippen LogP contribution in [0.15, 0.2) is 84.9 Å².